The van der Waals surface area contributed by atoms with Crippen LogP contribution in [0, 0.1) is 0 Å². The second-order valence-corrected chi connectivity index (χ2v) is 4.31. The molecular weight excluding hydrogens is 176 g/mol. The lowest BCUT2D eigenvalue weighted by molar-refractivity contribution is -0.117. The number of hydrogen-bond acceptors (Lipinski definition) is 2. The molecule has 0 saturated heterocycles. The van der Waals surface area contributed by atoms with Crippen LogP contribution in [-0.2, 0) is 16.8 Å². The van der Waals surface area contributed by atoms with Crippen molar-refractivity contribution in [3.63, 3.8) is 0 Å². The number of nitrogens with zero attached hydrogens (tertiary/aromatic N) is 2. The average Bonchev–Trinajstić information content (AvgIpc) is 2.73. The van der Waals surface area contributed by atoms with Crippen LogP contribution in [0.25, 0.3) is 0 Å². The Morgan fingerprint density at radius 3 is 3.00 bits per heavy atom. The molecule has 1 unspecified atom stereocenters. The third-order valence-corrected chi connectivity index (χ3v) is 3.14. The lowest BCUT2D eigenvalue weighted by Gasteiger charge is -2.22. The first-order valence-electron chi connectivity index (χ1n) is 5.19. The molecular formula is C11H16N2O. The first-order chi connectivity index (χ1) is 6.65. The summed E-state index contributed by atoms with van der Waals surface area (Å²) >= 11 is 0. The van der Waals surface area contributed by atoms with Gasteiger partial charge in [-0.1, -0.05) is 6.92 Å². The molecule has 2 rings (SSSR count). The predicted molar refractivity (Wildman–Crippen MR) is 54.1 cm³/mol. The van der Waals surface area contributed by atoms with E-state index in [1.807, 2.05) is 12.4 Å². The van der Waals surface area contributed by atoms with E-state index in [4.69, 9.17) is 0 Å². The molecule has 0 aromatic carbocycles. The zero-order valence-electron chi connectivity index (χ0n) is 8.79. The molecule has 1 atom stereocenters. The summed E-state index contributed by atoms with van der Waals surface area (Å²) < 4.78 is 2.14. The number of rotatable bonds is 2. The molecule has 1 aliphatic rings. The van der Waals surface area contributed by atoms with Crippen molar-refractivity contribution < 1.29 is 4.79 Å². The Morgan fingerprint density at radius 1 is 1.64 bits per heavy atom. The maximum atomic E-state index is 11.3. The minimum absolute atomic E-state index is 0.0173. The first kappa shape index (κ1) is 9.44. The van der Waals surface area contributed by atoms with Gasteiger partial charge in [0.15, 0.2) is 0 Å². The van der Waals surface area contributed by atoms with Crippen LogP contribution in [0.5, 0.6) is 0 Å². The standard InChI is InChI=1S/C11H16N2O/c1-3-13-7-6-12-10(13)11(2)5-4-9(14)8-11/h6-7H,3-5,8H2,1-2H3. The Kier molecular flexibility index (Phi) is 2.17. The van der Waals surface area contributed by atoms with Gasteiger partial charge in [-0.05, 0) is 13.3 Å². The third-order valence-electron chi connectivity index (χ3n) is 3.14. The fourth-order valence-corrected chi connectivity index (χ4v) is 2.30. The van der Waals surface area contributed by atoms with Crippen molar-refractivity contribution in [2.24, 2.45) is 0 Å². The maximum Gasteiger partial charge on any atom is 0.133 e. The zero-order valence-corrected chi connectivity index (χ0v) is 8.79. The van der Waals surface area contributed by atoms with Gasteiger partial charge in [-0.15, -0.1) is 0 Å². The summed E-state index contributed by atoms with van der Waals surface area (Å²) in [7, 11) is 0. The van der Waals surface area contributed by atoms with Crippen molar-refractivity contribution in [1.29, 1.82) is 0 Å². The smallest absolute Gasteiger partial charge is 0.133 e. The monoisotopic (exact) mass is 192 g/mol. The highest BCUT2D eigenvalue weighted by Gasteiger charge is 2.38. The molecule has 1 saturated carbocycles. The second-order valence-electron chi connectivity index (χ2n) is 4.31. The summed E-state index contributed by atoms with van der Waals surface area (Å²) in [5.74, 6) is 1.45. The van der Waals surface area contributed by atoms with Gasteiger partial charge in [-0.25, -0.2) is 4.98 Å². The number of carbonyl (C=O) groups is 1. The molecule has 0 radical (unpaired) electrons. The summed E-state index contributed by atoms with van der Waals surface area (Å²) in [5.41, 5.74) is -0.0173. The molecule has 0 amide bonds. The number of aromatic nitrogens is 2. The van der Waals surface area contributed by atoms with Crippen LogP contribution in [0.15, 0.2) is 12.4 Å². The van der Waals surface area contributed by atoms with E-state index in [0.717, 1.165) is 18.8 Å². The highest BCUT2D eigenvalue weighted by Crippen LogP contribution is 2.37. The zero-order chi connectivity index (χ0) is 10.2. The molecule has 1 aromatic rings. The molecule has 1 heterocycles. The van der Waals surface area contributed by atoms with E-state index in [0.29, 0.717) is 18.6 Å². The van der Waals surface area contributed by atoms with Crippen LogP contribution in [0.2, 0.25) is 0 Å². The highest BCUT2D eigenvalue weighted by atomic mass is 16.1. The number of carbonyl (C=O) groups excluding carboxylic acids is 1. The molecule has 3 heteroatoms. The van der Waals surface area contributed by atoms with Crippen molar-refractivity contribution in [1.82, 2.24) is 9.55 Å². The van der Waals surface area contributed by atoms with E-state index < -0.39 is 0 Å². The molecule has 0 N–H and O–H groups in total. The molecule has 1 aromatic heterocycles. The largest absolute Gasteiger partial charge is 0.335 e. The summed E-state index contributed by atoms with van der Waals surface area (Å²) in [6.45, 7) is 5.18. The van der Waals surface area contributed by atoms with E-state index in [-0.39, 0.29) is 5.41 Å². The van der Waals surface area contributed by atoms with Crippen LogP contribution < -0.4 is 0 Å². The molecule has 0 bridgehead atoms. The van der Waals surface area contributed by atoms with E-state index in [1.54, 1.807) is 0 Å². The number of hydrogen-bond donors (Lipinski definition) is 0. The van der Waals surface area contributed by atoms with Gasteiger partial charge in [-0.3, -0.25) is 4.79 Å². The fourth-order valence-electron chi connectivity index (χ4n) is 2.30. The van der Waals surface area contributed by atoms with Gasteiger partial charge in [-0.2, -0.15) is 0 Å². The lowest BCUT2D eigenvalue weighted by atomic mass is 9.88. The molecule has 0 spiro atoms. The summed E-state index contributed by atoms with van der Waals surface area (Å²) in [5, 5.41) is 0. The van der Waals surface area contributed by atoms with Gasteiger partial charge in [0.2, 0.25) is 0 Å². The lowest BCUT2D eigenvalue weighted by Crippen LogP contribution is -2.23. The minimum Gasteiger partial charge on any atom is -0.335 e. The Hall–Kier alpha value is -1.12. The van der Waals surface area contributed by atoms with E-state index >= 15 is 0 Å². The summed E-state index contributed by atoms with van der Waals surface area (Å²) in [4.78, 5) is 15.7. The van der Waals surface area contributed by atoms with E-state index in [2.05, 4.69) is 23.4 Å². The van der Waals surface area contributed by atoms with Gasteiger partial charge in [0.25, 0.3) is 0 Å². The van der Waals surface area contributed by atoms with Crippen LogP contribution in [0.3, 0.4) is 0 Å². The maximum absolute atomic E-state index is 11.3. The van der Waals surface area contributed by atoms with E-state index in [9.17, 15) is 4.79 Å². The Bertz CT molecular complexity index is 356. The van der Waals surface area contributed by atoms with Gasteiger partial charge in [0, 0.05) is 37.2 Å². The average molecular weight is 192 g/mol. The molecule has 1 fully saturated rings. The van der Waals surface area contributed by atoms with Gasteiger partial charge in [0.05, 0.1) is 0 Å². The second kappa shape index (κ2) is 3.23. The summed E-state index contributed by atoms with van der Waals surface area (Å²) in [6, 6.07) is 0. The topological polar surface area (TPSA) is 34.9 Å². The molecule has 3 nitrogen and oxygen atoms in total. The minimum atomic E-state index is -0.0173. The third kappa shape index (κ3) is 1.37. The number of Topliss-reactive ketones (excluding diaryl/α,β-unsaturated/α-hetero) is 1. The predicted octanol–water partition coefficient (Wildman–Crippen LogP) is 1.91. The van der Waals surface area contributed by atoms with Crippen molar-refractivity contribution >= 4 is 5.78 Å². The Labute approximate surface area is 84.1 Å². The molecule has 1 aliphatic carbocycles. The van der Waals surface area contributed by atoms with Crippen LogP contribution >= 0.6 is 0 Å². The number of imidazole rings is 1. The van der Waals surface area contributed by atoms with Gasteiger partial charge < -0.3 is 4.57 Å². The Balaban J connectivity index is 2.34. The van der Waals surface area contributed by atoms with Crippen LogP contribution in [-0.4, -0.2) is 15.3 Å². The number of ketones is 1. The SMILES string of the molecule is CCn1ccnc1C1(C)CCC(=O)C1. The number of aryl methyl sites for hydroxylation is 1. The van der Waals surface area contributed by atoms with Gasteiger partial charge >= 0.3 is 0 Å². The normalized spacial score (nSPS) is 27.1. The fraction of sp³-hybridized carbons (Fsp3) is 0.636. The molecule has 14 heavy (non-hydrogen) atoms. The molecule has 76 valence electrons. The highest BCUT2D eigenvalue weighted by molar-refractivity contribution is 5.82. The van der Waals surface area contributed by atoms with Crippen molar-refractivity contribution in [2.45, 2.75) is 45.1 Å². The van der Waals surface area contributed by atoms with Crippen LogP contribution in [0.1, 0.15) is 38.9 Å². The first-order valence-corrected chi connectivity index (χ1v) is 5.19. The summed E-state index contributed by atoms with van der Waals surface area (Å²) in [6.07, 6.45) is 6.14. The Morgan fingerprint density at radius 2 is 2.43 bits per heavy atom. The van der Waals surface area contributed by atoms with Crippen molar-refractivity contribution in [3.05, 3.63) is 18.2 Å². The van der Waals surface area contributed by atoms with Gasteiger partial charge in [0.1, 0.15) is 11.6 Å². The van der Waals surface area contributed by atoms with Crippen LogP contribution in [0.4, 0.5) is 0 Å². The quantitative estimate of drug-likeness (QED) is 0.717. The molecule has 0 aliphatic heterocycles. The van der Waals surface area contributed by atoms with E-state index in [1.165, 1.54) is 0 Å². The van der Waals surface area contributed by atoms with Crippen molar-refractivity contribution in [3.8, 4) is 0 Å². The van der Waals surface area contributed by atoms with Crippen molar-refractivity contribution in [2.75, 3.05) is 0 Å².